The molecular formula is C13H15F3N4O. The molecule has 0 bridgehead atoms. The monoisotopic (exact) mass is 300 g/mol. The van der Waals surface area contributed by atoms with Crippen LogP contribution in [0.3, 0.4) is 0 Å². The highest BCUT2D eigenvalue weighted by Gasteiger charge is 2.33. The van der Waals surface area contributed by atoms with Crippen molar-refractivity contribution in [1.29, 1.82) is 5.26 Å². The van der Waals surface area contributed by atoms with E-state index in [0.29, 0.717) is 6.54 Å². The van der Waals surface area contributed by atoms with E-state index in [1.54, 1.807) is 20.0 Å². The molecule has 1 unspecified atom stereocenters. The maximum atomic E-state index is 12.6. The number of hydrogen-bond donors (Lipinski definition) is 1. The third-order valence-corrected chi connectivity index (χ3v) is 2.88. The van der Waals surface area contributed by atoms with E-state index in [-0.39, 0.29) is 17.3 Å². The minimum Gasteiger partial charge on any atom is -0.358 e. The molecular weight excluding hydrogens is 285 g/mol. The second-order valence-corrected chi connectivity index (χ2v) is 4.42. The van der Waals surface area contributed by atoms with Crippen molar-refractivity contribution in [2.24, 2.45) is 0 Å². The van der Waals surface area contributed by atoms with E-state index in [2.05, 4.69) is 10.3 Å². The number of rotatable bonds is 4. The lowest BCUT2D eigenvalue weighted by atomic mass is 10.2. The number of hydrogen-bond acceptors (Lipinski definition) is 4. The Kier molecular flexibility index (Phi) is 5.13. The molecule has 0 radical (unpaired) electrons. The molecule has 114 valence electrons. The molecule has 0 saturated heterocycles. The molecule has 0 aliphatic heterocycles. The van der Waals surface area contributed by atoms with Crippen LogP contribution in [-0.4, -0.2) is 35.4 Å². The summed E-state index contributed by atoms with van der Waals surface area (Å²) in [6.07, 6.45) is -4.61. The molecule has 0 saturated carbocycles. The molecule has 8 heteroatoms. The molecule has 1 N–H and O–H groups in total. The van der Waals surface area contributed by atoms with Crippen LogP contribution in [0.2, 0.25) is 0 Å². The number of anilines is 1. The summed E-state index contributed by atoms with van der Waals surface area (Å²) in [5, 5.41) is 11.5. The van der Waals surface area contributed by atoms with E-state index in [0.717, 1.165) is 12.1 Å². The molecule has 5 nitrogen and oxygen atoms in total. The smallest absolute Gasteiger partial charge is 0.358 e. The standard InChI is InChI=1S/C13H15F3N4O/c1-4-20(3)12(21)8(2)18-11-9(7-17)5-6-10(19-11)13(14,15)16/h5-6,8H,4H2,1-3H3,(H,18,19). The van der Waals surface area contributed by atoms with Gasteiger partial charge in [0.2, 0.25) is 5.91 Å². The van der Waals surface area contributed by atoms with Crippen LogP contribution in [0.5, 0.6) is 0 Å². The highest BCUT2D eigenvalue weighted by Crippen LogP contribution is 2.29. The van der Waals surface area contributed by atoms with Crippen LogP contribution in [0.25, 0.3) is 0 Å². The fraction of sp³-hybridized carbons (Fsp3) is 0.462. The number of likely N-dealkylation sites (N-methyl/N-ethyl adjacent to an activating group) is 1. The first kappa shape index (κ1) is 16.8. The van der Waals surface area contributed by atoms with Crippen LogP contribution < -0.4 is 5.32 Å². The number of carbonyl (C=O) groups is 1. The summed E-state index contributed by atoms with van der Waals surface area (Å²) in [7, 11) is 1.57. The summed E-state index contributed by atoms with van der Waals surface area (Å²) in [4.78, 5) is 16.7. The molecule has 1 heterocycles. The number of nitrogens with one attached hydrogen (secondary N) is 1. The second-order valence-electron chi connectivity index (χ2n) is 4.42. The van der Waals surface area contributed by atoms with Crippen LogP contribution in [0.4, 0.5) is 19.0 Å². The van der Waals surface area contributed by atoms with Crippen LogP contribution in [0.1, 0.15) is 25.1 Å². The zero-order valence-corrected chi connectivity index (χ0v) is 11.8. The van der Waals surface area contributed by atoms with Gasteiger partial charge in [0.1, 0.15) is 23.6 Å². The Morgan fingerprint density at radius 1 is 1.52 bits per heavy atom. The Labute approximate surface area is 120 Å². The predicted octanol–water partition coefficient (Wildman–Crippen LogP) is 2.25. The summed E-state index contributed by atoms with van der Waals surface area (Å²) in [6, 6.07) is 2.71. The number of carbonyl (C=O) groups excluding carboxylic acids is 1. The summed E-state index contributed by atoms with van der Waals surface area (Å²) in [5.41, 5.74) is -1.17. The zero-order chi connectivity index (χ0) is 16.2. The van der Waals surface area contributed by atoms with Crippen molar-refractivity contribution in [3.8, 4) is 6.07 Å². The topological polar surface area (TPSA) is 69.0 Å². The lowest BCUT2D eigenvalue weighted by Crippen LogP contribution is -2.39. The normalized spacial score (nSPS) is 12.4. The Morgan fingerprint density at radius 2 is 2.14 bits per heavy atom. The zero-order valence-electron chi connectivity index (χ0n) is 11.8. The van der Waals surface area contributed by atoms with Gasteiger partial charge in [0, 0.05) is 13.6 Å². The van der Waals surface area contributed by atoms with Gasteiger partial charge in [-0.1, -0.05) is 0 Å². The highest BCUT2D eigenvalue weighted by atomic mass is 19.4. The summed E-state index contributed by atoms with van der Waals surface area (Å²) >= 11 is 0. The van der Waals surface area contributed by atoms with Gasteiger partial charge < -0.3 is 10.2 Å². The predicted molar refractivity (Wildman–Crippen MR) is 70.3 cm³/mol. The van der Waals surface area contributed by atoms with Gasteiger partial charge in [-0.05, 0) is 26.0 Å². The van der Waals surface area contributed by atoms with Crippen molar-refractivity contribution in [2.75, 3.05) is 18.9 Å². The average Bonchev–Trinajstić information content (AvgIpc) is 2.44. The number of nitriles is 1. The van der Waals surface area contributed by atoms with Gasteiger partial charge in [-0.15, -0.1) is 0 Å². The number of pyridine rings is 1. The summed E-state index contributed by atoms with van der Waals surface area (Å²) < 4.78 is 37.9. The van der Waals surface area contributed by atoms with Crippen molar-refractivity contribution < 1.29 is 18.0 Å². The molecule has 1 rings (SSSR count). The van der Waals surface area contributed by atoms with E-state index >= 15 is 0 Å². The van der Waals surface area contributed by atoms with E-state index in [1.807, 2.05) is 0 Å². The molecule has 0 aliphatic rings. The van der Waals surface area contributed by atoms with Crippen LogP contribution in [0.15, 0.2) is 12.1 Å². The van der Waals surface area contributed by atoms with Crippen molar-refractivity contribution in [1.82, 2.24) is 9.88 Å². The van der Waals surface area contributed by atoms with E-state index < -0.39 is 17.9 Å². The minimum absolute atomic E-state index is 0.0539. The Hall–Kier alpha value is -2.30. The quantitative estimate of drug-likeness (QED) is 0.926. The molecule has 1 aromatic heterocycles. The summed E-state index contributed by atoms with van der Waals surface area (Å²) in [5.74, 6) is -0.557. The number of alkyl halides is 3. The van der Waals surface area contributed by atoms with E-state index in [4.69, 9.17) is 5.26 Å². The van der Waals surface area contributed by atoms with Gasteiger partial charge in [-0.3, -0.25) is 4.79 Å². The first-order valence-electron chi connectivity index (χ1n) is 6.20. The molecule has 21 heavy (non-hydrogen) atoms. The van der Waals surface area contributed by atoms with Gasteiger partial charge >= 0.3 is 6.18 Å². The van der Waals surface area contributed by atoms with Gasteiger partial charge in [-0.2, -0.15) is 18.4 Å². The van der Waals surface area contributed by atoms with Gasteiger partial charge in [0.25, 0.3) is 0 Å². The number of amides is 1. The minimum atomic E-state index is -4.61. The Balaban J connectivity index is 3.06. The van der Waals surface area contributed by atoms with Crippen LogP contribution in [-0.2, 0) is 11.0 Å². The third kappa shape index (κ3) is 4.08. The van der Waals surface area contributed by atoms with Crippen molar-refractivity contribution in [3.05, 3.63) is 23.4 Å². The molecule has 0 aliphatic carbocycles. The second kappa shape index (κ2) is 6.43. The Morgan fingerprint density at radius 3 is 2.62 bits per heavy atom. The number of nitrogens with zero attached hydrogens (tertiary/aromatic N) is 3. The lowest BCUT2D eigenvalue weighted by Gasteiger charge is -2.21. The molecule has 1 atom stereocenters. The highest BCUT2D eigenvalue weighted by molar-refractivity contribution is 5.84. The maximum Gasteiger partial charge on any atom is 0.433 e. The van der Waals surface area contributed by atoms with Gasteiger partial charge in [0.15, 0.2) is 0 Å². The molecule has 0 fully saturated rings. The van der Waals surface area contributed by atoms with E-state index in [1.165, 1.54) is 11.8 Å². The number of aromatic nitrogens is 1. The first-order chi connectivity index (χ1) is 9.70. The molecule has 1 aromatic rings. The van der Waals surface area contributed by atoms with Gasteiger partial charge in [-0.25, -0.2) is 4.98 Å². The third-order valence-electron chi connectivity index (χ3n) is 2.88. The molecule has 1 amide bonds. The van der Waals surface area contributed by atoms with E-state index in [9.17, 15) is 18.0 Å². The molecule has 0 aromatic carbocycles. The fourth-order valence-electron chi connectivity index (χ4n) is 1.57. The Bertz CT molecular complexity index is 566. The van der Waals surface area contributed by atoms with Crippen molar-refractivity contribution in [2.45, 2.75) is 26.1 Å². The summed E-state index contributed by atoms with van der Waals surface area (Å²) in [6.45, 7) is 3.73. The molecule has 0 spiro atoms. The van der Waals surface area contributed by atoms with Crippen LogP contribution >= 0.6 is 0 Å². The maximum absolute atomic E-state index is 12.6. The number of halogens is 3. The average molecular weight is 300 g/mol. The largest absolute Gasteiger partial charge is 0.433 e. The van der Waals surface area contributed by atoms with Crippen molar-refractivity contribution >= 4 is 11.7 Å². The lowest BCUT2D eigenvalue weighted by molar-refractivity contribution is -0.141. The van der Waals surface area contributed by atoms with Crippen LogP contribution in [0, 0.1) is 11.3 Å². The van der Waals surface area contributed by atoms with Gasteiger partial charge in [0.05, 0.1) is 5.56 Å². The SMILES string of the molecule is CCN(C)C(=O)C(C)Nc1nc(C(F)(F)F)ccc1C#N. The first-order valence-corrected chi connectivity index (χ1v) is 6.20. The van der Waals surface area contributed by atoms with Crippen molar-refractivity contribution in [3.63, 3.8) is 0 Å². The fourth-order valence-corrected chi connectivity index (χ4v) is 1.57.